The van der Waals surface area contributed by atoms with E-state index in [0.29, 0.717) is 26.2 Å². The summed E-state index contributed by atoms with van der Waals surface area (Å²) in [6, 6.07) is 5.35. The molecule has 1 heterocycles. The van der Waals surface area contributed by atoms with Gasteiger partial charge >= 0.3 is 12.0 Å². The van der Waals surface area contributed by atoms with Gasteiger partial charge in [-0.25, -0.2) is 19.0 Å². The predicted molar refractivity (Wildman–Crippen MR) is 94.8 cm³/mol. The lowest BCUT2D eigenvalue weighted by Crippen LogP contribution is -2.36. The van der Waals surface area contributed by atoms with E-state index in [4.69, 9.17) is 9.15 Å². The van der Waals surface area contributed by atoms with Crippen LogP contribution >= 0.6 is 0 Å². The number of anilines is 1. The Kier molecular flexibility index (Phi) is 7.75. The summed E-state index contributed by atoms with van der Waals surface area (Å²) in [4.78, 5) is 29.5. The number of carbonyl (C=O) groups excluding carboxylic acids is 2. The molecular weight excluding hydrogens is 357 g/mol. The summed E-state index contributed by atoms with van der Waals surface area (Å²) in [5, 5.41) is 2.52. The molecule has 2 aromatic rings. The largest absolute Gasteiger partial charge is 0.464 e. The average molecular weight is 379 g/mol. The van der Waals surface area contributed by atoms with Crippen LogP contribution in [0, 0.1) is 5.82 Å². The second kappa shape index (κ2) is 10.3. The van der Waals surface area contributed by atoms with Gasteiger partial charge in [0.05, 0.1) is 19.3 Å². The number of ether oxygens (including phenoxy) is 2. The summed E-state index contributed by atoms with van der Waals surface area (Å²) in [5.41, 5.74) is 0.0799. The van der Waals surface area contributed by atoms with E-state index >= 15 is 0 Å². The summed E-state index contributed by atoms with van der Waals surface area (Å²) in [6.45, 7) is 3.26. The summed E-state index contributed by atoms with van der Waals surface area (Å²) in [5.74, 6) is -1.01. The molecule has 2 amide bonds. The molecule has 0 bridgehead atoms. The Morgan fingerprint density at radius 3 is 2.81 bits per heavy atom. The summed E-state index contributed by atoms with van der Waals surface area (Å²) >= 11 is 0. The number of nitrogens with zero attached hydrogens (tertiary/aromatic N) is 2. The molecule has 0 radical (unpaired) electrons. The number of esters is 1. The SMILES string of the molecule is CCOCCCN(Cc1nc(C(=O)OC)co1)C(=O)Nc1ccccc1F. The number of rotatable bonds is 9. The number of oxazole rings is 1. The number of aromatic nitrogens is 1. The Morgan fingerprint density at radius 1 is 1.33 bits per heavy atom. The first-order chi connectivity index (χ1) is 13.0. The van der Waals surface area contributed by atoms with Crippen LogP contribution in [0.3, 0.4) is 0 Å². The van der Waals surface area contributed by atoms with Gasteiger partial charge in [-0.15, -0.1) is 0 Å². The van der Waals surface area contributed by atoms with Gasteiger partial charge in [0.15, 0.2) is 5.69 Å². The van der Waals surface area contributed by atoms with Crippen LogP contribution in [-0.2, 0) is 16.0 Å². The van der Waals surface area contributed by atoms with E-state index in [9.17, 15) is 14.0 Å². The highest BCUT2D eigenvalue weighted by Gasteiger charge is 2.19. The fraction of sp³-hybridized carbons (Fsp3) is 0.389. The van der Waals surface area contributed by atoms with Crippen LogP contribution in [-0.4, -0.2) is 48.8 Å². The number of para-hydroxylation sites is 1. The summed E-state index contributed by atoms with van der Waals surface area (Å²) < 4.78 is 28.9. The van der Waals surface area contributed by atoms with Crippen molar-refractivity contribution in [2.24, 2.45) is 0 Å². The number of methoxy groups -OCH3 is 1. The quantitative estimate of drug-likeness (QED) is 0.532. The van der Waals surface area contributed by atoms with E-state index in [-0.39, 0.29) is 23.8 Å². The van der Waals surface area contributed by atoms with Crippen molar-refractivity contribution >= 4 is 17.7 Å². The van der Waals surface area contributed by atoms with Crippen molar-refractivity contribution in [2.75, 3.05) is 32.2 Å². The number of hydrogen-bond donors (Lipinski definition) is 1. The third kappa shape index (κ3) is 6.07. The molecule has 8 nitrogen and oxygen atoms in total. The zero-order valence-corrected chi connectivity index (χ0v) is 15.2. The van der Waals surface area contributed by atoms with E-state index in [2.05, 4.69) is 15.0 Å². The Bertz CT molecular complexity index is 765. The third-order valence-corrected chi connectivity index (χ3v) is 3.60. The van der Waals surface area contributed by atoms with Gasteiger partial charge in [0.25, 0.3) is 0 Å². The highest BCUT2D eigenvalue weighted by molar-refractivity contribution is 5.89. The van der Waals surface area contributed by atoms with E-state index in [1.807, 2.05) is 6.92 Å². The van der Waals surface area contributed by atoms with Crippen molar-refractivity contribution in [2.45, 2.75) is 19.9 Å². The summed E-state index contributed by atoms with van der Waals surface area (Å²) in [7, 11) is 1.23. The average Bonchev–Trinajstić information content (AvgIpc) is 3.14. The van der Waals surface area contributed by atoms with Crippen LogP contribution in [0.1, 0.15) is 29.7 Å². The number of halogens is 1. The molecule has 146 valence electrons. The molecular formula is C18H22FN3O5. The number of hydrogen-bond acceptors (Lipinski definition) is 6. The third-order valence-electron chi connectivity index (χ3n) is 3.60. The molecule has 1 N–H and O–H groups in total. The van der Waals surface area contributed by atoms with Crippen molar-refractivity contribution < 1.29 is 27.9 Å². The second-order valence-electron chi connectivity index (χ2n) is 5.50. The maximum Gasteiger partial charge on any atom is 0.360 e. The number of nitrogens with one attached hydrogen (secondary N) is 1. The lowest BCUT2D eigenvalue weighted by Gasteiger charge is -2.21. The van der Waals surface area contributed by atoms with E-state index in [1.165, 1.54) is 30.2 Å². The molecule has 27 heavy (non-hydrogen) atoms. The maximum absolute atomic E-state index is 13.8. The van der Waals surface area contributed by atoms with Crippen molar-refractivity contribution in [1.82, 2.24) is 9.88 Å². The van der Waals surface area contributed by atoms with Gasteiger partial charge in [-0.2, -0.15) is 0 Å². The molecule has 0 fully saturated rings. The number of urea groups is 1. The molecule has 0 aliphatic heterocycles. The topological polar surface area (TPSA) is 93.9 Å². The number of carbonyl (C=O) groups is 2. The van der Waals surface area contributed by atoms with Gasteiger partial charge in [0.2, 0.25) is 5.89 Å². The summed E-state index contributed by atoms with van der Waals surface area (Å²) in [6.07, 6.45) is 1.73. The molecule has 1 aromatic carbocycles. The van der Waals surface area contributed by atoms with Gasteiger partial charge < -0.3 is 24.1 Å². The van der Waals surface area contributed by atoms with E-state index in [0.717, 1.165) is 6.26 Å². The van der Waals surface area contributed by atoms with Crippen molar-refractivity contribution in [3.8, 4) is 0 Å². The lowest BCUT2D eigenvalue weighted by molar-refractivity contribution is 0.0594. The van der Waals surface area contributed by atoms with Crippen LogP contribution in [0.2, 0.25) is 0 Å². The van der Waals surface area contributed by atoms with Gasteiger partial charge in [0, 0.05) is 19.8 Å². The minimum Gasteiger partial charge on any atom is -0.464 e. The highest BCUT2D eigenvalue weighted by Crippen LogP contribution is 2.15. The van der Waals surface area contributed by atoms with Crippen LogP contribution in [0.4, 0.5) is 14.9 Å². The smallest absolute Gasteiger partial charge is 0.360 e. The number of amides is 2. The Labute approximate surface area is 156 Å². The molecule has 0 unspecified atom stereocenters. The Hall–Kier alpha value is -2.94. The van der Waals surface area contributed by atoms with Crippen LogP contribution in [0.25, 0.3) is 0 Å². The van der Waals surface area contributed by atoms with Crippen LogP contribution in [0.15, 0.2) is 34.9 Å². The van der Waals surface area contributed by atoms with Gasteiger partial charge in [0.1, 0.15) is 12.1 Å². The number of benzene rings is 1. The second-order valence-corrected chi connectivity index (χ2v) is 5.50. The molecule has 1 aromatic heterocycles. The van der Waals surface area contributed by atoms with Gasteiger partial charge in [-0.1, -0.05) is 12.1 Å². The normalized spacial score (nSPS) is 10.5. The van der Waals surface area contributed by atoms with Crippen molar-refractivity contribution in [3.05, 3.63) is 47.9 Å². The molecule has 0 aliphatic carbocycles. The Balaban J connectivity index is 2.07. The first-order valence-electron chi connectivity index (χ1n) is 8.46. The molecule has 0 atom stereocenters. The van der Waals surface area contributed by atoms with Gasteiger partial charge in [-0.05, 0) is 25.5 Å². The van der Waals surface area contributed by atoms with Crippen LogP contribution < -0.4 is 5.32 Å². The van der Waals surface area contributed by atoms with E-state index < -0.39 is 17.8 Å². The van der Waals surface area contributed by atoms with Gasteiger partial charge in [-0.3, -0.25) is 0 Å². The lowest BCUT2D eigenvalue weighted by atomic mass is 10.3. The van der Waals surface area contributed by atoms with E-state index in [1.54, 1.807) is 6.07 Å². The van der Waals surface area contributed by atoms with Crippen LogP contribution in [0.5, 0.6) is 0 Å². The molecule has 0 saturated carbocycles. The zero-order chi connectivity index (χ0) is 19.6. The molecule has 2 rings (SSSR count). The molecule has 0 saturated heterocycles. The first-order valence-corrected chi connectivity index (χ1v) is 8.46. The molecule has 9 heteroatoms. The fourth-order valence-corrected chi connectivity index (χ4v) is 2.26. The molecule has 0 spiro atoms. The fourth-order valence-electron chi connectivity index (χ4n) is 2.26. The Morgan fingerprint density at radius 2 is 2.11 bits per heavy atom. The monoisotopic (exact) mass is 379 g/mol. The minimum absolute atomic E-state index is 0.00338. The van der Waals surface area contributed by atoms with Crippen molar-refractivity contribution in [1.29, 1.82) is 0 Å². The minimum atomic E-state index is -0.635. The van der Waals surface area contributed by atoms with Crippen molar-refractivity contribution in [3.63, 3.8) is 0 Å². The standard InChI is InChI=1S/C18H22FN3O5/c1-3-26-10-6-9-22(11-16-20-15(12-27-16)17(23)25-2)18(24)21-14-8-5-4-7-13(14)19/h4-5,7-8,12H,3,6,9-11H2,1-2H3,(H,21,24). The first kappa shape index (κ1) is 20.4. The highest BCUT2D eigenvalue weighted by atomic mass is 19.1. The predicted octanol–water partition coefficient (Wildman–Crippen LogP) is 3.06. The molecule has 0 aliphatic rings. The zero-order valence-electron chi connectivity index (χ0n) is 15.2. The maximum atomic E-state index is 13.8.